The zero-order valence-corrected chi connectivity index (χ0v) is 13.5. The van der Waals surface area contributed by atoms with Gasteiger partial charge < -0.3 is 10.1 Å². The first-order valence-electron chi connectivity index (χ1n) is 8.67. The van der Waals surface area contributed by atoms with Crippen molar-refractivity contribution in [3.63, 3.8) is 0 Å². The summed E-state index contributed by atoms with van der Waals surface area (Å²) in [5.41, 5.74) is 3.45. The normalized spacial score (nSPS) is 24.8. The highest BCUT2D eigenvalue weighted by atomic mass is 16.5. The first-order chi connectivity index (χ1) is 11.9. The van der Waals surface area contributed by atoms with Crippen LogP contribution in [0.5, 0.6) is 5.75 Å². The molecule has 3 aromatic rings. The molecule has 3 atom stereocenters. The Labute approximate surface area is 141 Å². The second-order valence-corrected chi connectivity index (χ2v) is 6.90. The van der Waals surface area contributed by atoms with Crippen molar-refractivity contribution in [2.24, 2.45) is 17.8 Å². The minimum Gasteiger partial charge on any atom is -0.493 e. The molecule has 1 aromatic heterocycles. The molecule has 5 rings (SSSR count). The van der Waals surface area contributed by atoms with E-state index in [1.165, 1.54) is 29.6 Å². The van der Waals surface area contributed by atoms with E-state index in [-0.39, 0.29) is 0 Å². The number of ether oxygens (including phenoxy) is 1. The molecule has 0 bridgehead atoms. The van der Waals surface area contributed by atoms with E-state index in [0.717, 1.165) is 35.6 Å². The molecule has 2 aliphatic rings. The highest BCUT2D eigenvalue weighted by Crippen LogP contribution is 2.48. The number of hydrogen-bond acceptors (Lipinski definition) is 3. The molecule has 1 saturated heterocycles. The molecule has 2 fully saturated rings. The van der Waals surface area contributed by atoms with E-state index < -0.39 is 0 Å². The number of pyridine rings is 1. The van der Waals surface area contributed by atoms with Crippen LogP contribution in [0.3, 0.4) is 0 Å². The fourth-order valence-corrected chi connectivity index (χ4v) is 3.98. The van der Waals surface area contributed by atoms with Crippen LogP contribution in [0, 0.1) is 17.8 Å². The molecule has 2 aromatic carbocycles. The summed E-state index contributed by atoms with van der Waals surface area (Å²) in [4.78, 5) is 4.38. The molecule has 24 heavy (non-hydrogen) atoms. The van der Waals surface area contributed by atoms with E-state index >= 15 is 0 Å². The van der Waals surface area contributed by atoms with Crippen LogP contribution in [0.4, 0.5) is 0 Å². The van der Waals surface area contributed by atoms with Gasteiger partial charge in [0.1, 0.15) is 5.75 Å². The third-order valence-electron chi connectivity index (χ3n) is 5.50. The van der Waals surface area contributed by atoms with Gasteiger partial charge in [-0.05, 0) is 66.4 Å². The molecule has 0 amide bonds. The summed E-state index contributed by atoms with van der Waals surface area (Å²) in [6.45, 7) is 3.21. The molecule has 3 nitrogen and oxygen atoms in total. The highest BCUT2D eigenvalue weighted by Gasteiger charge is 2.52. The van der Waals surface area contributed by atoms with Crippen LogP contribution in [-0.2, 0) is 0 Å². The van der Waals surface area contributed by atoms with Crippen LogP contribution < -0.4 is 10.1 Å². The van der Waals surface area contributed by atoms with E-state index in [0.29, 0.717) is 0 Å². The Bertz CT molecular complexity index is 864. The Balaban J connectivity index is 1.30. The number of rotatable bonds is 4. The van der Waals surface area contributed by atoms with Crippen LogP contribution in [0.25, 0.3) is 22.0 Å². The lowest BCUT2D eigenvalue weighted by atomic mass is 10.0. The van der Waals surface area contributed by atoms with Crippen LogP contribution in [0.1, 0.15) is 0 Å². The number of piperidine rings is 1. The lowest BCUT2D eigenvalue weighted by molar-refractivity contribution is 0.280. The predicted octanol–water partition coefficient (Wildman–Crippen LogP) is 3.75. The van der Waals surface area contributed by atoms with Gasteiger partial charge in [-0.3, -0.25) is 4.98 Å². The molecule has 1 unspecified atom stereocenters. The van der Waals surface area contributed by atoms with Crippen molar-refractivity contribution in [1.29, 1.82) is 0 Å². The lowest BCUT2D eigenvalue weighted by Gasteiger charge is -2.09. The monoisotopic (exact) mass is 316 g/mol. The van der Waals surface area contributed by atoms with Crippen molar-refractivity contribution in [3.8, 4) is 16.9 Å². The number of benzene rings is 2. The highest BCUT2D eigenvalue weighted by molar-refractivity contribution is 5.84. The Morgan fingerprint density at radius 2 is 1.75 bits per heavy atom. The Kier molecular flexibility index (Phi) is 3.27. The fraction of sp³-hybridized carbons (Fsp3) is 0.286. The average Bonchev–Trinajstić information content (AvgIpc) is 3.07. The Morgan fingerprint density at radius 1 is 0.958 bits per heavy atom. The Morgan fingerprint density at radius 3 is 2.58 bits per heavy atom. The topological polar surface area (TPSA) is 34.1 Å². The van der Waals surface area contributed by atoms with Gasteiger partial charge in [-0.1, -0.05) is 24.3 Å². The van der Waals surface area contributed by atoms with Gasteiger partial charge in [0.15, 0.2) is 0 Å². The maximum Gasteiger partial charge on any atom is 0.119 e. The van der Waals surface area contributed by atoms with Crippen molar-refractivity contribution in [2.75, 3.05) is 19.7 Å². The number of nitrogens with zero attached hydrogens (tertiary/aromatic N) is 1. The summed E-state index contributed by atoms with van der Waals surface area (Å²) in [5, 5.41) is 4.60. The number of aromatic nitrogens is 1. The van der Waals surface area contributed by atoms with Crippen LogP contribution in [0.15, 0.2) is 60.8 Å². The quantitative estimate of drug-likeness (QED) is 0.796. The van der Waals surface area contributed by atoms with E-state index in [4.69, 9.17) is 4.74 Å². The molecule has 1 N–H and O–H groups in total. The maximum atomic E-state index is 5.99. The molecule has 1 saturated carbocycles. The van der Waals surface area contributed by atoms with E-state index in [2.05, 4.69) is 58.8 Å². The van der Waals surface area contributed by atoms with Crippen molar-refractivity contribution >= 4 is 10.9 Å². The summed E-state index contributed by atoms with van der Waals surface area (Å²) in [6, 6.07) is 18.9. The van der Waals surface area contributed by atoms with Crippen molar-refractivity contribution in [1.82, 2.24) is 10.3 Å². The van der Waals surface area contributed by atoms with E-state index in [9.17, 15) is 0 Å². The molecule has 1 aliphatic carbocycles. The number of fused-ring (bicyclic) bond motifs is 2. The molecule has 1 aliphatic heterocycles. The second-order valence-electron chi connectivity index (χ2n) is 6.90. The summed E-state index contributed by atoms with van der Waals surface area (Å²) in [5.74, 6) is 3.45. The molecular formula is C21H20N2O. The lowest BCUT2D eigenvalue weighted by Crippen LogP contribution is -2.17. The van der Waals surface area contributed by atoms with Gasteiger partial charge in [-0.2, -0.15) is 0 Å². The SMILES string of the molecule is c1cnc2ccc(-c3ccc(OCC4[C@H]5CNC[C@@H]45)cc3)cc2c1. The summed E-state index contributed by atoms with van der Waals surface area (Å²) in [6.07, 6.45) is 1.83. The Hall–Kier alpha value is -2.39. The van der Waals surface area contributed by atoms with Crippen molar-refractivity contribution in [3.05, 3.63) is 60.8 Å². The predicted molar refractivity (Wildman–Crippen MR) is 96.0 cm³/mol. The first kappa shape index (κ1) is 14.0. The maximum absolute atomic E-state index is 5.99. The molecule has 0 spiro atoms. The van der Waals surface area contributed by atoms with Gasteiger partial charge in [0.2, 0.25) is 0 Å². The largest absolute Gasteiger partial charge is 0.493 e. The minimum atomic E-state index is 0.763. The average molecular weight is 316 g/mol. The standard InChI is InChI=1S/C21H20N2O/c1-2-16-10-15(5-8-21(16)23-9-1)14-3-6-17(7-4-14)24-13-20-18-11-22-12-19(18)20/h1-10,18-20,22H,11-13H2/t18-,19+,20?. The van der Waals surface area contributed by atoms with Crippen LogP contribution in [0.2, 0.25) is 0 Å². The third-order valence-corrected chi connectivity index (χ3v) is 5.50. The zero-order valence-electron chi connectivity index (χ0n) is 13.5. The summed E-state index contributed by atoms with van der Waals surface area (Å²) in [7, 11) is 0. The van der Waals surface area contributed by atoms with E-state index in [1.54, 1.807) is 0 Å². The molecule has 3 heteroatoms. The van der Waals surface area contributed by atoms with Gasteiger partial charge >= 0.3 is 0 Å². The molecule has 120 valence electrons. The van der Waals surface area contributed by atoms with Crippen molar-refractivity contribution < 1.29 is 4.74 Å². The van der Waals surface area contributed by atoms with Crippen molar-refractivity contribution in [2.45, 2.75) is 0 Å². The summed E-state index contributed by atoms with van der Waals surface area (Å²) < 4.78 is 5.99. The molecule has 2 heterocycles. The van der Waals surface area contributed by atoms with Gasteiger partial charge in [0, 0.05) is 17.5 Å². The number of hydrogen-bond donors (Lipinski definition) is 1. The van der Waals surface area contributed by atoms with E-state index in [1.807, 2.05) is 12.3 Å². The molecule has 0 radical (unpaired) electrons. The van der Waals surface area contributed by atoms with Gasteiger partial charge in [0.05, 0.1) is 12.1 Å². The van der Waals surface area contributed by atoms with Gasteiger partial charge in [0.25, 0.3) is 0 Å². The third kappa shape index (κ3) is 2.45. The van der Waals surface area contributed by atoms with Crippen LogP contribution >= 0.6 is 0 Å². The molecular weight excluding hydrogens is 296 g/mol. The zero-order chi connectivity index (χ0) is 15.9. The minimum absolute atomic E-state index is 0.763. The smallest absolute Gasteiger partial charge is 0.119 e. The van der Waals surface area contributed by atoms with Gasteiger partial charge in [-0.25, -0.2) is 0 Å². The van der Waals surface area contributed by atoms with Crippen LogP contribution in [-0.4, -0.2) is 24.7 Å². The number of nitrogens with one attached hydrogen (secondary N) is 1. The summed E-state index contributed by atoms with van der Waals surface area (Å²) >= 11 is 0. The second kappa shape index (κ2) is 5.60. The first-order valence-corrected chi connectivity index (χ1v) is 8.67. The van der Waals surface area contributed by atoms with Gasteiger partial charge in [-0.15, -0.1) is 0 Å². The fourth-order valence-electron chi connectivity index (χ4n) is 3.98.